The van der Waals surface area contributed by atoms with Gasteiger partial charge in [0.25, 0.3) is 0 Å². The molecule has 2 amide bonds. The monoisotopic (exact) mass is 498 g/mol. The molecule has 2 N–H and O–H groups in total. The first kappa shape index (κ1) is 23.2. The molecular weight excluding hydrogens is 476 g/mol. The van der Waals surface area contributed by atoms with Gasteiger partial charge in [-0.2, -0.15) is 5.26 Å². The number of ether oxygens (including phenoxy) is 1. The topological polar surface area (TPSA) is 104 Å². The van der Waals surface area contributed by atoms with Gasteiger partial charge in [0.15, 0.2) is 0 Å². The molecule has 0 spiro atoms. The maximum absolute atomic E-state index is 12.3. The van der Waals surface area contributed by atoms with Crippen LogP contribution >= 0.6 is 34.0 Å². The first-order valence-corrected chi connectivity index (χ1v) is 13.0. The summed E-state index contributed by atoms with van der Waals surface area (Å²) in [6, 6.07) is 6.11. The predicted molar refractivity (Wildman–Crippen MR) is 132 cm³/mol. The van der Waals surface area contributed by atoms with Crippen LogP contribution in [0.5, 0.6) is 0 Å². The van der Waals surface area contributed by atoms with Crippen molar-refractivity contribution >= 4 is 57.1 Å². The van der Waals surface area contributed by atoms with E-state index < -0.39 is 6.09 Å². The highest BCUT2D eigenvalue weighted by Crippen LogP contribution is 2.39. The van der Waals surface area contributed by atoms with Gasteiger partial charge in [-0.25, -0.2) is 9.78 Å². The second-order valence-electron chi connectivity index (χ2n) is 7.58. The largest absolute Gasteiger partial charge is 0.449 e. The molecule has 0 saturated heterocycles. The van der Waals surface area contributed by atoms with E-state index in [0.717, 1.165) is 38.9 Å². The Morgan fingerprint density at radius 3 is 3.00 bits per heavy atom. The molecule has 170 valence electrons. The maximum atomic E-state index is 12.3. The number of alkyl carbamates (subject to hydrolysis) is 1. The van der Waals surface area contributed by atoms with E-state index in [1.165, 1.54) is 17.4 Å². The van der Waals surface area contributed by atoms with Crippen LogP contribution in [-0.4, -0.2) is 23.6 Å². The molecule has 3 aromatic heterocycles. The summed E-state index contributed by atoms with van der Waals surface area (Å²) in [4.78, 5) is 30.7. The van der Waals surface area contributed by atoms with Crippen molar-refractivity contribution in [2.75, 3.05) is 11.9 Å². The normalized spacial score (nSPS) is 15.1. The van der Waals surface area contributed by atoms with Crippen LogP contribution in [-0.2, 0) is 28.9 Å². The minimum atomic E-state index is -0.458. The van der Waals surface area contributed by atoms with Crippen molar-refractivity contribution in [3.05, 3.63) is 60.6 Å². The van der Waals surface area contributed by atoms with E-state index in [4.69, 9.17) is 4.74 Å². The average molecular weight is 499 g/mol. The lowest BCUT2D eigenvalue weighted by atomic mass is 9.88. The summed E-state index contributed by atoms with van der Waals surface area (Å²) >= 11 is 4.53. The van der Waals surface area contributed by atoms with E-state index in [2.05, 4.69) is 21.7 Å². The Morgan fingerprint density at radius 1 is 1.39 bits per heavy atom. The number of hydrogen-bond acceptors (Lipinski definition) is 8. The number of hydrogen-bond donors (Lipinski definition) is 2. The molecule has 0 radical (unpaired) electrons. The number of nitriles is 1. The average Bonchev–Trinajstić information content (AvgIpc) is 3.54. The Kier molecular flexibility index (Phi) is 7.54. The van der Waals surface area contributed by atoms with Crippen LogP contribution in [0.2, 0.25) is 0 Å². The number of carbonyl (C=O) groups excluding carboxylic acids is 2. The number of aromatic nitrogens is 1. The molecule has 0 aliphatic heterocycles. The van der Waals surface area contributed by atoms with Crippen molar-refractivity contribution in [1.29, 1.82) is 5.26 Å². The Bertz CT molecular complexity index is 1200. The molecule has 0 aromatic carbocycles. The van der Waals surface area contributed by atoms with Crippen LogP contribution < -0.4 is 10.6 Å². The predicted octanol–water partition coefficient (Wildman–Crippen LogP) is 5.13. The molecular formula is C23H22N4O3S3. The molecule has 7 nitrogen and oxygen atoms in total. The van der Waals surface area contributed by atoms with E-state index in [-0.39, 0.29) is 11.8 Å². The van der Waals surface area contributed by atoms with Gasteiger partial charge in [0, 0.05) is 21.2 Å². The number of amides is 2. The summed E-state index contributed by atoms with van der Waals surface area (Å²) in [6.07, 6.45) is 5.04. The highest BCUT2D eigenvalue weighted by atomic mass is 32.1. The van der Waals surface area contributed by atoms with Crippen LogP contribution in [0.4, 0.5) is 9.80 Å². The molecule has 0 saturated carbocycles. The van der Waals surface area contributed by atoms with Crippen molar-refractivity contribution in [1.82, 2.24) is 10.3 Å². The van der Waals surface area contributed by atoms with Gasteiger partial charge >= 0.3 is 6.09 Å². The van der Waals surface area contributed by atoms with Crippen molar-refractivity contribution in [2.45, 2.75) is 32.7 Å². The Hall–Kier alpha value is -3.00. The van der Waals surface area contributed by atoms with Gasteiger partial charge in [-0.15, -0.1) is 34.0 Å². The molecule has 1 unspecified atom stereocenters. The lowest BCUT2D eigenvalue weighted by Gasteiger charge is -2.21. The number of fused-ring (bicyclic) bond motifs is 1. The second kappa shape index (κ2) is 10.7. The molecule has 3 heterocycles. The smallest absolute Gasteiger partial charge is 0.407 e. The summed E-state index contributed by atoms with van der Waals surface area (Å²) in [6.45, 7) is 2.58. The van der Waals surface area contributed by atoms with Gasteiger partial charge in [0.2, 0.25) is 5.91 Å². The fourth-order valence-electron chi connectivity index (χ4n) is 3.60. The van der Waals surface area contributed by atoms with Gasteiger partial charge < -0.3 is 15.4 Å². The fraction of sp³-hybridized carbons (Fsp3) is 0.304. The van der Waals surface area contributed by atoms with Gasteiger partial charge in [-0.05, 0) is 55.2 Å². The number of nitrogens with zero attached hydrogens (tertiary/aromatic N) is 2. The quantitative estimate of drug-likeness (QED) is 0.440. The van der Waals surface area contributed by atoms with Gasteiger partial charge in [0.05, 0.1) is 29.4 Å². The maximum Gasteiger partial charge on any atom is 0.407 e. The molecule has 0 bridgehead atoms. The molecule has 10 heteroatoms. The number of carbonyl (C=O) groups is 2. The fourth-order valence-corrected chi connectivity index (χ4v) is 6.14. The highest BCUT2D eigenvalue weighted by Gasteiger charge is 2.27. The van der Waals surface area contributed by atoms with E-state index >= 15 is 0 Å². The van der Waals surface area contributed by atoms with Crippen molar-refractivity contribution in [3.63, 3.8) is 0 Å². The number of rotatable bonds is 7. The van der Waals surface area contributed by atoms with Crippen LogP contribution in [0.3, 0.4) is 0 Å². The number of thiazole rings is 1. The van der Waals surface area contributed by atoms with E-state index in [1.807, 2.05) is 29.8 Å². The number of thiophene rings is 2. The molecule has 3 aromatic rings. The molecule has 0 fully saturated rings. The number of nitrogens with one attached hydrogen (secondary N) is 2. The third-order valence-corrected chi connectivity index (χ3v) is 8.02. The Labute approximate surface area is 203 Å². The second-order valence-corrected chi connectivity index (χ2v) is 10.7. The summed E-state index contributed by atoms with van der Waals surface area (Å²) < 4.78 is 5.41. The van der Waals surface area contributed by atoms with Crippen LogP contribution in [0.25, 0.3) is 6.08 Å². The van der Waals surface area contributed by atoms with Crippen LogP contribution in [0.1, 0.15) is 38.0 Å². The highest BCUT2D eigenvalue weighted by molar-refractivity contribution is 7.16. The SMILES string of the molecule is Cc1nc(CNC(=O)OCC2CCc3c(sc(NC(=O)/C=C/c4cccs4)c3C#N)C2)cs1. The summed E-state index contributed by atoms with van der Waals surface area (Å²) in [5.74, 6) is -0.0809. The lowest BCUT2D eigenvalue weighted by Crippen LogP contribution is -2.27. The summed E-state index contributed by atoms with van der Waals surface area (Å²) in [7, 11) is 0. The lowest BCUT2D eigenvalue weighted by molar-refractivity contribution is -0.111. The Morgan fingerprint density at radius 2 is 2.27 bits per heavy atom. The molecule has 1 atom stereocenters. The number of anilines is 1. The minimum Gasteiger partial charge on any atom is -0.449 e. The van der Waals surface area contributed by atoms with E-state index in [1.54, 1.807) is 28.7 Å². The minimum absolute atomic E-state index is 0.178. The van der Waals surface area contributed by atoms with E-state index in [0.29, 0.717) is 30.1 Å². The number of aryl methyl sites for hydroxylation is 1. The third kappa shape index (κ3) is 6.07. The van der Waals surface area contributed by atoms with Gasteiger partial charge in [-0.1, -0.05) is 6.07 Å². The first-order valence-electron chi connectivity index (χ1n) is 10.4. The van der Waals surface area contributed by atoms with Crippen molar-refractivity contribution in [3.8, 4) is 6.07 Å². The van der Waals surface area contributed by atoms with Crippen LogP contribution in [0.15, 0.2) is 29.0 Å². The molecule has 4 rings (SSSR count). The summed E-state index contributed by atoms with van der Waals surface area (Å²) in [5.41, 5.74) is 2.36. The molecule has 1 aliphatic carbocycles. The summed E-state index contributed by atoms with van der Waals surface area (Å²) in [5, 5.41) is 20.6. The standard InChI is InChI=1S/C23H22N4O3S3/c1-14-26-16(13-32-14)11-25-23(29)30-12-15-4-6-18-19(10-24)22(33-20(18)9-15)27-21(28)7-5-17-3-2-8-31-17/h2-3,5,7-8,13,15H,4,6,9,11-12H2,1H3,(H,25,29)(H,27,28)/b7-5+. The molecule has 1 aliphatic rings. The zero-order valence-corrected chi connectivity index (χ0v) is 20.4. The zero-order chi connectivity index (χ0) is 23.2. The van der Waals surface area contributed by atoms with Crippen LogP contribution in [0, 0.1) is 24.2 Å². The van der Waals surface area contributed by atoms with E-state index in [9.17, 15) is 14.9 Å². The van der Waals surface area contributed by atoms with Crippen molar-refractivity contribution in [2.24, 2.45) is 5.92 Å². The third-order valence-electron chi connectivity index (χ3n) is 5.19. The van der Waals surface area contributed by atoms with Crippen molar-refractivity contribution < 1.29 is 14.3 Å². The first-order chi connectivity index (χ1) is 16.0. The van der Waals surface area contributed by atoms with Gasteiger partial charge in [0.1, 0.15) is 11.1 Å². The Balaban J connectivity index is 1.31. The van der Waals surface area contributed by atoms with Gasteiger partial charge in [-0.3, -0.25) is 4.79 Å². The molecule has 33 heavy (non-hydrogen) atoms. The zero-order valence-electron chi connectivity index (χ0n) is 17.9.